The van der Waals surface area contributed by atoms with E-state index in [0.717, 1.165) is 18.1 Å². The molecule has 2 unspecified atom stereocenters. The molecule has 2 nitrogen and oxygen atoms in total. The maximum Gasteiger partial charge on any atom is 0.126 e. The zero-order chi connectivity index (χ0) is 13.7. The molecule has 0 aliphatic rings. The van der Waals surface area contributed by atoms with Crippen LogP contribution in [0, 0.1) is 11.7 Å². The monoisotopic (exact) mass is 253 g/mol. The summed E-state index contributed by atoms with van der Waals surface area (Å²) in [7, 11) is 0. The molecule has 2 atom stereocenters. The third-order valence-electron chi connectivity index (χ3n) is 3.17. The second-order valence-corrected chi connectivity index (χ2v) is 5.46. The minimum atomic E-state index is -0.406. The molecule has 0 aromatic heterocycles. The fourth-order valence-electron chi connectivity index (χ4n) is 2.07. The van der Waals surface area contributed by atoms with Crippen LogP contribution in [-0.2, 0) is 0 Å². The summed E-state index contributed by atoms with van der Waals surface area (Å²) in [6.07, 6.45) is 2.28. The van der Waals surface area contributed by atoms with Gasteiger partial charge in [-0.05, 0) is 38.7 Å². The molecule has 18 heavy (non-hydrogen) atoms. The smallest absolute Gasteiger partial charge is 0.126 e. The third-order valence-corrected chi connectivity index (χ3v) is 3.17. The van der Waals surface area contributed by atoms with Crippen LogP contribution < -0.4 is 5.32 Å². The largest absolute Gasteiger partial charge is 0.508 e. The van der Waals surface area contributed by atoms with E-state index in [1.54, 1.807) is 6.07 Å². The Bertz CT molecular complexity index is 379. The van der Waals surface area contributed by atoms with Gasteiger partial charge in [0.25, 0.3) is 0 Å². The van der Waals surface area contributed by atoms with Crippen molar-refractivity contribution in [3.63, 3.8) is 0 Å². The van der Waals surface area contributed by atoms with Gasteiger partial charge in [-0.3, -0.25) is 0 Å². The van der Waals surface area contributed by atoms with E-state index >= 15 is 0 Å². The zero-order valence-corrected chi connectivity index (χ0v) is 11.7. The van der Waals surface area contributed by atoms with Crippen molar-refractivity contribution in [2.75, 3.05) is 0 Å². The lowest BCUT2D eigenvalue weighted by molar-refractivity contribution is 0.401. The predicted molar refractivity (Wildman–Crippen MR) is 73.1 cm³/mol. The first-order valence-electron chi connectivity index (χ1n) is 6.64. The van der Waals surface area contributed by atoms with E-state index in [1.807, 2.05) is 6.92 Å². The van der Waals surface area contributed by atoms with Crippen molar-refractivity contribution in [2.24, 2.45) is 5.92 Å². The molecule has 0 saturated carbocycles. The molecule has 0 saturated heterocycles. The lowest BCUT2D eigenvalue weighted by atomic mass is 10.0. The van der Waals surface area contributed by atoms with Crippen molar-refractivity contribution < 1.29 is 9.50 Å². The number of phenolic OH excluding ortho intramolecular Hbond substituents is 1. The van der Waals surface area contributed by atoms with Gasteiger partial charge in [-0.25, -0.2) is 4.39 Å². The summed E-state index contributed by atoms with van der Waals surface area (Å²) in [6, 6.07) is 4.58. The first-order valence-corrected chi connectivity index (χ1v) is 6.64. The van der Waals surface area contributed by atoms with E-state index < -0.39 is 5.82 Å². The van der Waals surface area contributed by atoms with Gasteiger partial charge >= 0.3 is 0 Å². The highest BCUT2D eigenvalue weighted by Crippen LogP contribution is 2.25. The number of hydrogen-bond acceptors (Lipinski definition) is 2. The fourth-order valence-corrected chi connectivity index (χ4v) is 2.07. The van der Waals surface area contributed by atoms with Gasteiger partial charge < -0.3 is 10.4 Å². The summed E-state index contributed by atoms with van der Waals surface area (Å²) < 4.78 is 12.9. The SMILES string of the molecule is CC(C)CCC(C)NC(C)c1ccc(F)cc1O. The van der Waals surface area contributed by atoms with Crippen LogP contribution in [0.2, 0.25) is 0 Å². The number of rotatable bonds is 6. The van der Waals surface area contributed by atoms with Gasteiger partial charge in [-0.1, -0.05) is 19.9 Å². The molecule has 2 N–H and O–H groups in total. The van der Waals surface area contributed by atoms with Crippen LogP contribution in [0.15, 0.2) is 18.2 Å². The topological polar surface area (TPSA) is 32.3 Å². The molecule has 0 fully saturated rings. The summed E-state index contributed by atoms with van der Waals surface area (Å²) in [6.45, 7) is 8.54. The summed E-state index contributed by atoms with van der Waals surface area (Å²) in [4.78, 5) is 0. The van der Waals surface area contributed by atoms with Crippen molar-refractivity contribution in [1.82, 2.24) is 5.32 Å². The van der Waals surface area contributed by atoms with Crippen LogP contribution in [0.25, 0.3) is 0 Å². The molecule has 0 radical (unpaired) electrons. The molecule has 0 bridgehead atoms. The van der Waals surface area contributed by atoms with Crippen LogP contribution in [0.4, 0.5) is 4.39 Å². The van der Waals surface area contributed by atoms with Crippen molar-refractivity contribution in [1.29, 1.82) is 0 Å². The summed E-state index contributed by atoms with van der Waals surface area (Å²) in [5.74, 6) is 0.311. The Labute approximate surface area is 109 Å². The molecule has 1 rings (SSSR count). The molecule has 0 heterocycles. The van der Waals surface area contributed by atoms with E-state index in [-0.39, 0.29) is 11.8 Å². The van der Waals surface area contributed by atoms with Crippen molar-refractivity contribution in [2.45, 2.75) is 52.6 Å². The summed E-state index contributed by atoms with van der Waals surface area (Å²) in [5.41, 5.74) is 0.743. The Balaban J connectivity index is 2.56. The number of benzene rings is 1. The van der Waals surface area contributed by atoms with Crippen molar-refractivity contribution in [3.05, 3.63) is 29.6 Å². The minimum Gasteiger partial charge on any atom is -0.508 e. The second kappa shape index (κ2) is 6.74. The summed E-state index contributed by atoms with van der Waals surface area (Å²) >= 11 is 0. The number of halogens is 1. The quantitative estimate of drug-likeness (QED) is 0.803. The van der Waals surface area contributed by atoms with Gasteiger partial charge in [0.05, 0.1) is 0 Å². The standard InChI is InChI=1S/C15H24FNO/c1-10(2)5-6-11(3)17-12(4)14-8-7-13(16)9-15(14)18/h7-12,17-18H,5-6H2,1-4H3. The Morgan fingerprint density at radius 1 is 1.17 bits per heavy atom. The number of aromatic hydroxyl groups is 1. The van der Waals surface area contributed by atoms with Gasteiger partial charge in [0, 0.05) is 23.7 Å². The average Bonchev–Trinajstić information content (AvgIpc) is 2.26. The van der Waals surface area contributed by atoms with E-state index in [9.17, 15) is 9.50 Å². The fraction of sp³-hybridized carbons (Fsp3) is 0.600. The van der Waals surface area contributed by atoms with Crippen LogP contribution in [0.1, 0.15) is 52.1 Å². The Morgan fingerprint density at radius 2 is 1.83 bits per heavy atom. The molecule has 0 aliphatic carbocycles. The highest BCUT2D eigenvalue weighted by Gasteiger charge is 2.13. The Hall–Kier alpha value is -1.09. The maximum absolute atomic E-state index is 12.9. The third kappa shape index (κ3) is 4.65. The van der Waals surface area contributed by atoms with Crippen LogP contribution >= 0.6 is 0 Å². The molecule has 0 amide bonds. The normalized spacial score (nSPS) is 14.8. The van der Waals surface area contributed by atoms with Crippen LogP contribution in [0.3, 0.4) is 0 Å². The first-order chi connectivity index (χ1) is 8.40. The Morgan fingerprint density at radius 3 is 2.39 bits per heavy atom. The molecule has 3 heteroatoms. The Kier molecular flexibility index (Phi) is 5.60. The van der Waals surface area contributed by atoms with Gasteiger partial charge in [-0.2, -0.15) is 0 Å². The maximum atomic E-state index is 12.9. The van der Waals surface area contributed by atoms with Gasteiger partial charge in [0.2, 0.25) is 0 Å². The highest BCUT2D eigenvalue weighted by atomic mass is 19.1. The van der Waals surface area contributed by atoms with Gasteiger partial charge in [0.15, 0.2) is 0 Å². The lowest BCUT2D eigenvalue weighted by Crippen LogP contribution is -2.29. The zero-order valence-electron chi connectivity index (χ0n) is 11.7. The van der Waals surface area contributed by atoms with Gasteiger partial charge in [-0.15, -0.1) is 0 Å². The molecular formula is C15H24FNO. The molecule has 0 aliphatic heterocycles. The first kappa shape index (κ1) is 15.0. The van der Waals surface area contributed by atoms with E-state index in [0.29, 0.717) is 12.0 Å². The van der Waals surface area contributed by atoms with E-state index in [2.05, 4.69) is 26.1 Å². The minimum absolute atomic E-state index is 0.0195. The number of nitrogens with one attached hydrogen (secondary N) is 1. The second-order valence-electron chi connectivity index (χ2n) is 5.46. The molecule has 1 aromatic rings. The average molecular weight is 253 g/mol. The van der Waals surface area contributed by atoms with Crippen LogP contribution in [0.5, 0.6) is 5.75 Å². The van der Waals surface area contributed by atoms with Gasteiger partial charge in [0.1, 0.15) is 11.6 Å². The molecule has 1 aromatic carbocycles. The van der Waals surface area contributed by atoms with Crippen molar-refractivity contribution in [3.8, 4) is 5.75 Å². The highest BCUT2D eigenvalue weighted by molar-refractivity contribution is 5.34. The van der Waals surface area contributed by atoms with E-state index in [4.69, 9.17) is 0 Å². The molecule has 102 valence electrons. The number of hydrogen-bond donors (Lipinski definition) is 2. The predicted octanol–water partition coefficient (Wildman–Crippen LogP) is 4.01. The molecule has 0 spiro atoms. The van der Waals surface area contributed by atoms with Crippen molar-refractivity contribution >= 4 is 0 Å². The molecular weight excluding hydrogens is 229 g/mol. The summed E-state index contributed by atoms with van der Waals surface area (Å²) in [5, 5.41) is 13.1. The number of phenols is 1. The lowest BCUT2D eigenvalue weighted by Gasteiger charge is -2.21. The van der Waals surface area contributed by atoms with E-state index in [1.165, 1.54) is 12.5 Å². The van der Waals surface area contributed by atoms with Crippen LogP contribution in [-0.4, -0.2) is 11.1 Å².